The van der Waals surface area contributed by atoms with E-state index in [2.05, 4.69) is 13.8 Å². The van der Waals surface area contributed by atoms with E-state index in [0.717, 1.165) is 43.6 Å². The van der Waals surface area contributed by atoms with Crippen LogP contribution in [-0.4, -0.2) is 29.3 Å². The van der Waals surface area contributed by atoms with Crippen LogP contribution in [0.3, 0.4) is 0 Å². The molecule has 0 radical (unpaired) electrons. The van der Waals surface area contributed by atoms with Gasteiger partial charge >= 0.3 is 5.97 Å². The SMILES string of the molecule is C[C@]12CC[C@H](N)C[C@H]1CC[C@@H]1[C@@H]2CC[C@]2(C)[C@@H](C3=CC(=O)OC3)CC[C@]12O. The molecule has 0 unspecified atom stereocenters. The highest BCUT2D eigenvalue weighted by Crippen LogP contribution is 2.69. The molecular formula is C23H35NO3. The summed E-state index contributed by atoms with van der Waals surface area (Å²) < 4.78 is 5.21. The minimum atomic E-state index is -0.597. The van der Waals surface area contributed by atoms with Gasteiger partial charge in [0.05, 0.1) is 5.60 Å². The lowest BCUT2D eigenvalue weighted by Gasteiger charge is -2.63. The molecule has 3 N–H and O–H groups in total. The summed E-state index contributed by atoms with van der Waals surface area (Å²) in [7, 11) is 0. The zero-order chi connectivity index (χ0) is 19.0. The molecule has 0 aromatic carbocycles. The largest absolute Gasteiger partial charge is 0.458 e. The lowest BCUT2D eigenvalue weighted by molar-refractivity contribution is -0.204. The standard InChI is InChI=1S/C23H35NO3/c1-21-8-5-16(24)12-15(21)3-4-19-18(21)6-9-22(2)17(7-10-23(19,22)26)14-11-20(25)27-13-14/h11,15-19,26H,3-10,12-13,24H2,1-2H3/t15-,16+,17-,18+,19-,21+,22-,23+/m1/s1. The number of carbonyl (C=O) groups is 1. The highest BCUT2D eigenvalue weighted by molar-refractivity contribution is 5.85. The number of nitrogens with two attached hydrogens (primary N) is 1. The van der Waals surface area contributed by atoms with Crippen LogP contribution in [0.15, 0.2) is 11.6 Å². The molecule has 4 saturated carbocycles. The van der Waals surface area contributed by atoms with Gasteiger partial charge in [-0.15, -0.1) is 0 Å². The number of ether oxygens (including phenoxy) is 1. The number of esters is 1. The molecule has 1 heterocycles. The van der Waals surface area contributed by atoms with Crippen LogP contribution in [0.2, 0.25) is 0 Å². The second-order valence-electron chi connectivity index (χ2n) is 10.8. The van der Waals surface area contributed by atoms with E-state index in [9.17, 15) is 9.90 Å². The normalized spacial score (nSPS) is 54.6. The molecule has 4 aliphatic carbocycles. The lowest BCUT2D eigenvalue weighted by Crippen LogP contribution is -2.62. The van der Waals surface area contributed by atoms with Crippen molar-refractivity contribution in [1.82, 2.24) is 0 Å². The van der Waals surface area contributed by atoms with Gasteiger partial charge in [0.1, 0.15) is 6.61 Å². The van der Waals surface area contributed by atoms with E-state index in [-0.39, 0.29) is 11.4 Å². The molecular weight excluding hydrogens is 338 g/mol. The van der Waals surface area contributed by atoms with Crippen molar-refractivity contribution in [3.8, 4) is 0 Å². The first-order chi connectivity index (χ1) is 12.8. The van der Waals surface area contributed by atoms with Gasteiger partial charge in [-0.3, -0.25) is 0 Å². The van der Waals surface area contributed by atoms with Crippen LogP contribution in [0.25, 0.3) is 0 Å². The summed E-state index contributed by atoms with van der Waals surface area (Å²) in [5, 5.41) is 12.1. The van der Waals surface area contributed by atoms with Crippen LogP contribution in [0.1, 0.15) is 71.6 Å². The number of aliphatic hydroxyl groups is 1. The van der Waals surface area contributed by atoms with Crippen LogP contribution in [0, 0.1) is 34.5 Å². The molecule has 1 aliphatic heterocycles. The Hall–Kier alpha value is -0.870. The minimum absolute atomic E-state index is 0.123. The van der Waals surface area contributed by atoms with E-state index < -0.39 is 5.60 Å². The fourth-order valence-electron chi connectivity index (χ4n) is 8.44. The maximum Gasteiger partial charge on any atom is 0.331 e. The van der Waals surface area contributed by atoms with Crippen molar-refractivity contribution >= 4 is 5.97 Å². The number of rotatable bonds is 1. The van der Waals surface area contributed by atoms with Crippen molar-refractivity contribution in [2.75, 3.05) is 6.61 Å². The summed E-state index contributed by atoms with van der Waals surface area (Å²) in [5.74, 6) is 1.84. The van der Waals surface area contributed by atoms with Gasteiger partial charge in [0.25, 0.3) is 0 Å². The molecule has 27 heavy (non-hydrogen) atoms. The van der Waals surface area contributed by atoms with E-state index >= 15 is 0 Å². The first-order valence-electron chi connectivity index (χ1n) is 11.1. The summed E-state index contributed by atoms with van der Waals surface area (Å²) in [5.41, 5.74) is 7.06. The molecule has 0 amide bonds. The van der Waals surface area contributed by atoms with Gasteiger partial charge in [-0.05, 0) is 92.4 Å². The third-order valence-electron chi connectivity index (χ3n) is 10.0. The Morgan fingerprint density at radius 2 is 1.89 bits per heavy atom. The van der Waals surface area contributed by atoms with Crippen LogP contribution in [0.5, 0.6) is 0 Å². The number of hydrogen-bond acceptors (Lipinski definition) is 4. The second-order valence-corrected chi connectivity index (χ2v) is 10.8. The van der Waals surface area contributed by atoms with Gasteiger partial charge in [-0.25, -0.2) is 4.79 Å². The Kier molecular flexibility index (Phi) is 3.92. The Morgan fingerprint density at radius 3 is 2.63 bits per heavy atom. The summed E-state index contributed by atoms with van der Waals surface area (Å²) >= 11 is 0. The first-order valence-corrected chi connectivity index (χ1v) is 11.1. The number of hydrogen-bond donors (Lipinski definition) is 2. The molecule has 0 aromatic rings. The van der Waals surface area contributed by atoms with Crippen LogP contribution in [0.4, 0.5) is 0 Å². The topological polar surface area (TPSA) is 72.6 Å². The summed E-state index contributed by atoms with van der Waals surface area (Å²) in [4.78, 5) is 11.6. The van der Waals surface area contributed by atoms with Crippen molar-refractivity contribution in [2.24, 2.45) is 40.2 Å². The Labute approximate surface area is 162 Å². The number of carbonyl (C=O) groups excluding carboxylic acids is 1. The molecule has 4 heteroatoms. The molecule has 5 aliphatic rings. The predicted molar refractivity (Wildman–Crippen MR) is 104 cm³/mol. The van der Waals surface area contributed by atoms with Crippen molar-refractivity contribution in [2.45, 2.75) is 83.3 Å². The summed E-state index contributed by atoms with van der Waals surface area (Å²) in [6, 6.07) is 0.374. The van der Waals surface area contributed by atoms with Crippen LogP contribution < -0.4 is 5.73 Å². The van der Waals surface area contributed by atoms with Gasteiger partial charge < -0.3 is 15.6 Å². The van der Waals surface area contributed by atoms with E-state index in [4.69, 9.17) is 10.5 Å². The monoisotopic (exact) mass is 373 g/mol. The highest BCUT2D eigenvalue weighted by atomic mass is 16.5. The molecule has 0 bridgehead atoms. The van der Waals surface area contributed by atoms with E-state index in [1.54, 1.807) is 6.08 Å². The zero-order valence-electron chi connectivity index (χ0n) is 16.9. The second kappa shape index (κ2) is 5.82. The molecule has 4 nitrogen and oxygen atoms in total. The van der Waals surface area contributed by atoms with Gasteiger partial charge in [-0.2, -0.15) is 0 Å². The lowest BCUT2D eigenvalue weighted by atomic mass is 9.43. The van der Waals surface area contributed by atoms with E-state index in [1.165, 1.54) is 25.7 Å². The number of cyclic esters (lactones) is 1. The Bertz CT molecular complexity index is 689. The molecule has 150 valence electrons. The smallest absolute Gasteiger partial charge is 0.331 e. The van der Waals surface area contributed by atoms with Crippen LogP contribution in [-0.2, 0) is 9.53 Å². The minimum Gasteiger partial charge on any atom is -0.458 e. The van der Waals surface area contributed by atoms with Gasteiger partial charge in [0.2, 0.25) is 0 Å². The van der Waals surface area contributed by atoms with E-state index in [0.29, 0.717) is 35.8 Å². The Morgan fingerprint density at radius 1 is 1.07 bits per heavy atom. The maximum absolute atomic E-state index is 12.1. The molecule has 4 fully saturated rings. The highest BCUT2D eigenvalue weighted by Gasteiger charge is 2.67. The summed E-state index contributed by atoms with van der Waals surface area (Å²) in [6.45, 7) is 5.24. The average molecular weight is 374 g/mol. The predicted octanol–water partition coefficient (Wildman–Crippen LogP) is 3.57. The maximum atomic E-state index is 12.1. The number of fused-ring (bicyclic) bond motifs is 5. The van der Waals surface area contributed by atoms with Crippen molar-refractivity contribution in [3.05, 3.63) is 11.6 Å². The quantitative estimate of drug-likeness (QED) is 0.689. The molecule has 0 spiro atoms. The van der Waals surface area contributed by atoms with Gasteiger partial charge in [-0.1, -0.05) is 13.8 Å². The fourth-order valence-corrected chi connectivity index (χ4v) is 8.44. The van der Waals surface area contributed by atoms with Crippen molar-refractivity contribution < 1.29 is 14.6 Å². The summed E-state index contributed by atoms with van der Waals surface area (Å²) in [6.07, 6.45) is 11.7. The molecule has 5 rings (SSSR count). The van der Waals surface area contributed by atoms with Crippen molar-refractivity contribution in [3.63, 3.8) is 0 Å². The van der Waals surface area contributed by atoms with Crippen molar-refractivity contribution in [1.29, 1.82) is 0 Å². The van der Waals surface area contributed by atoms with E-state index in [1.807, 2.05) is 0 Å². The third-order valence-corrected chi connectivity index (χ3v) is 10.0. The van der Waals surface area contributed by atoms with Crippen LogP contribution >= 0.6 is 0 Å². The molecule has 8 atom stereocenters. The fraction of sp³-hybridized carbons (Fsp3) is 0.870. The first kappa shape index (κ1) is 18.2. The molecule has 0 saturated heterocycles. The van der Waals surface area contributed by atoms with Gasteiger partial charge in [0, 0.05) is 17.5 Å². The average Bonchev–Trinajstić information content (AvgIpc) is 3.16. The zero-order valence-corrected chi connectivity index (χ0v) is 16.9. The third kappa shape index (κ3) is 2.32. The molecule has 0 aromatic heterocycles. The van der Waals surface area contributed by atoms with Gasteiger partial charge in [0.15, 0.2) is 0 Å². The Balaban J connectivity index is 1.47.